The molecule has 0 spiro atoms. The zero-order valence-electron chi connectivity index (χ0n) is 17.3. The van der Waals surface area contributed by atoms with E-state index < -0.39 is 29.7 Å². The molecule has 1 aliphatic rings. The van der Waals surface area contributed by atoms with Gasteiger partial charge in [-0.05, 0) is 56.5 Å². The summed E-state index contributed by atoms with van der Waals surface area (Å²) in [4.78, 5) is 27.4. The van der Waals surface area contributed by atoms with E-state index in [0.717, 1.165) is 29.8 Å². The number of thioether (sulfide) groups is 1. The van der Waals surface area contributed by atoms with Gasteiger partial charge in [-0.3, -0.25) is 4.79 Å². The third-order valence-electron chi connectivity index (χ3n) is 4.93. The molecular weight excluding hydrogens is 427 g/mol. The number of hydrogen-bond acceptors (Lipinski definition) is 4. The summed E-state index contributed by atoms with van der Waals surface area (Å²) in [6.45, 7) is 3.46. The highest BCUT2D eigenvalue weighted by Crippen LogP contribution is 2.35. The van der Waals surface area contributed by atoms with Gasteiger partial charge in [-0.25, -0.2) is 4.79 Å². The van der Waals surface area contributed by atoms with E-state index in [1.807, 2.05) is 30.3 Å². The number of ether oxygens (including phenoxy) is 1. The standard InChI is InChI=1S/C23H24F3NO3S/c1-15(2)30-22(29)19-14-31-20(13-8-16-6-4-3-5-7-16)27(19)21(28)17-9-11-18(12-10-17)23(24,25)26/h3-7,9-12,15,19-20H,8,13-14H2,1-2H3. The van der Waals surface area contributed by atoms with Crippen LogP contribution in [-0.4, -0.2) is 40.0 Å². The summed E-state index contributed by atoms with van der Waals surface area (Å²) in [6.07, 6.45) is -3.48. The second kappa shape index (κ2) is 9.77. The summed E-state index contributed by atoms with van der Waals surface area (Å²) in [6, 6.07) is 13.1. The van der Waals surface area contributed by atoms with Gasteiger partial charge in [0.2, 0.25) is 0 Å². The molecule has 0 bridgehead atoms. The van der Waals surface area contributed by atoms with Crippen LogP contribution in [0, 0.1) is 0 Å². The van der Waals surface area contributed by atoms with Crippen LogP contribution in [0.15, 0.2) is 54.6 Å². The van der Waals surface area contributed by atoms with Crippen molar-refractivity contribution in [2.75, 3.05) is 5.75 Å². The number of esters is 1. The van der Waals surface area contributed by atoms with Crippen molar-refractivity contribution in [2.24, 2.45) is 0 Å². The average Bonchev–Trinajstić information content (AvgIpc) is 3.15. The molecule has 0 aromatic heterocycles. The summed E-state index contributed by atoms with van der Waals surface area (Å²) in [5, 5.41) is -0.278. The molecule has 8 heteroatoms. The summed E-state index contributed by atoms with van der Waals surface area (Å²) in [7, 11) is 0. The fourth-order valence-corrected chi connectivity index (χ4v) is 4.83. The molecule has 2 aromatic rings. The number of benzene rings is 2. The van der Waals surface area contributed by atoms with E-state index in [1.54, 1.807) is 13.8 Å². The molecular formula is C23H24F3NO3S. The molecule has 1 amide bonds. The van der Waals surface area contributed by atoms with Gasteiger partial charge in [0, 0.05) is 11.3 Å². The fraction of sp³-hybridized carbons (Fsp3) is 0.391. The SMILES string of the molecule is CC(C)OC(=O)C1CSC(CCc2ccccc2)N1C(=O)c1ccc(C(F)(F)F)cc1. The lowest BCUT2D eigenvalue weighted by atomic mass is 10.1. The first-order valence-corrected chi connectivity index (χ1v) is 11.1. The lowest BCUT2D eigenvalue weighted by molar-refractivity contribution is -0.152. The Morgan fingerprint density at radius 3 is 2.32 bits per heavy atom. The first-order valence-electron chi connectivity index (χ1n) is 10.0. The molecule has 3 rings (SSSR count). The van der Waals surface area contributed by atoms with Gasteiger partial charge in [-0.2, -0.15) is 13.2 Å². The maximum Gasteiger partial charge on any atom is 0.416 e. The predicted octanol–water partition coefficient (Wildman–Crippen LogP) is 5.17. The Hall–Kier alpha value is -2.48. The minimum atomic E-state index is -4.48. The molecule has 1 fully saturated rings. The molecule has 1 saturated heterocycles. The maximum atomic E-state index is 13.3. The molecule has 4 nitrogen and oxygen atoms in total. The highest BCUT2D eigenvalue weighted by atomic mass is 32.2. The van der Waals surface area contributed by atoms with Gasteiger partial charge in [-0.15, -0.1) is 11.8 Å². The number of alkyl halides is 3. The Balaban J connectivity index is 1.82. The normalized spacial score (nSPS) is 19.0. The number of carbonyl (C=O) groups is 2. The molecule has 2 aromatic carbocycles. The van der Waals surface area contributed by atoms with Gasteiger partial charge in [0.25, 0.3) is 5.91 Å². The largest absolute Gasteiger partial charge is 0.461 e. The van der Waals surface area contributed by atoms with E-state index in [4.69, 9.17) is 4.74 Å². The maximum absolute atomic E-state index is 13.3. The lowest BCUT2D eigenvalue weighted by Gasteiger charge is -2.29. The van der Waals surface area contributed by atoms with Crippen LogP contribution in [0.2, 0.25) is 0 Å². The third kappa shape index (κ3) is 5.81. The smallest absolute Gasteiger partial charge is 0.416 e. The number of amides is 1. The molecule has 0 N–H and O–H groups in total. The monoisotopic (exact) mass is 451 g/mol. The van der Waals surface area contributed by atoms with Crippen molar-refractivity contribution in [3.8, 4) is 0 Å². The summed E-state index contributed by atoms with van der Waals surface area (Å²) in [5.74, 6) is -0.579. The van der Waals surface area contributed by atoms with E-state index in [-0.39, 0.29) is 17.0 Å². The Morgan fingerprint density at radius 1 is 1.10 bits per heavy atom. The van der Waals surface area contributed by atoms with Crippen LogP contribution < -0.4 is 0 Å². The second-order valence-corrected chi connectivity index (χ2v) is 8.81. The lowest BCUT2D eigenvalue weighted by Crippen LogP contribution is -2.47. The van der Waals surface area contributed by atoms with Crippen molar-refractivity contribution < 1.29 is 27.5 Å². The molecule has 2 unspecified atom stereocenters. The van der Waals surface area contributed by atoms with E-state index in [9.17, 15) is 22.8 Å². The van der Waals surface area contributed by atoms with Gasteiger partial charge in [-0.1, -0.05) is 30.3 Å². The van der Waals surface area contributed by atoms with Gasteiger partial charge < -0.3 is 9.64 Å². The summed E-state index contributed by atoms with van der Waals surface area (Å²) < 4.78 is 44.0. The van der Waals surface area contributed by atoms with Gasteiger partial charge in [0.1, 0.15) is 6.04 Å². The number of aryl methyl sites for hydroxylation is 1. The number of rotatable bonds is 6. The highest BCUT2D eigenvalue weighted by molar-refractivity contribution is 8.00. The minimum Gasteiger partial charge on any atom is -0.461 e. The summed E-state index contributed by atoms with van der Waals surface area (Å²) >= 11 is 1.49. The van der Waals surface area contributed by atoms with E-state index >= 15 is 0 Å². The molecule has 31 heavy (non-hydrogen) atoms. The molecule has 0 saturated carbocycles. The van der Waals surface area contributed by atoms with Crippen molar-refractivity contribution in [3.63, 3.8) is 0 Å². The zero-order chi connectivity index (χ0) is 22.6. The van der Waals surface area contributed by atoms with Crippen LogP contribution in [0.25, 0.3) is 0 Å². The van der Waals surface area contributed by atoms with Crippen LogP contribution in [0.1, 0.15) is 41.8 Å². The van der Waals surface area contributed by atoms with Crippen LogP contribution in [0.3, 0.4) is 0 Å². The van der Waals surface area contributed by atoms with Gasteiger partial charge in [0.15, 0.2) is 0 Å². The van der Waals surface area contributed by atoms with Crippen molar-refractivity contribution >= 4 is 23.6 Å². The van der Waals surface area contributed by atoms with E-state index in [2.05, 4.69) is 0 Å². The second-order valence-electron chi connectivity index (χ2n) is 7.60. The van der Waals surface area contributed by atoms with E-state index in [1.165, 1.54) is 16.7 Å². The summed E-state index contributed by atoms with van der Waals surface area (Å²) in [5.41, 5.74) is 0.400. The van der Waals surface area contributed by atoms with Gasteiger partial charge >= 0.3 is 12.1 Å². The molecule has 166 valence electrons. The molecule has 0 radical (unpaired) electrons. The number of halogens is 3. The average molecular weight is 452 g/mol. The first-order chi connectivity index (χ1) is 14.7. The van der Waals surface area contributed by atoms with Crippen LogP contribution in [0.5, 0.6) is 0 Å². The number of nitrogens with zero attached hydrogens (tertiary/aromatic N) is 1. The fourth-order valence-electron chi connectivity index (χ4n) is 3.44. The molecule has 1 heterocycles. The molecule has 1 aliphatic heterocycles. The zero-order valence-corrected chi connectivity index (χ0v) is 18.1. The predicted molar refractivity (Wildman–Crippen MR) is 114 cm³/mol. The van der Waals surface area contributed by atoms with Crippen molar-refractivity contribution in [2.45, 2.75) is 50.4 Å². The molecule has 0 aliphatic carbocycles. The minimum absolute atomic E-state index is 0.113. The number of carbonyl (C=O) groups excluding carboxylic acids is 2. The third-order valence-corrected chi connectivity index (χ3v) is 6.29. The Bertz CT molecular complexity index is 901. The Morgan fingerprint density at radius 2 is 1.74 bits per heavy atom. The van der Waals surface area contributed by atoms with Crippen LogP contribution in [0.4, 0.5) is 13.2 Å². The van der Waals surface area contributed by atoms with E-state index in [0.29, 0.717) is 18.6 Å². The van der Waals surface area contributed by atoms with Crippen molar-refractivity contribution in [3.05, 3.63) is 71.3 Å². The topological polar surface area (TPSA) is 46.6 Å². The van der Waals surface area contributed by atoms with Crippen molar-refractivity contribution in [1.82, 2.24) is 4.90 Å². The quantitative estimate of drug-likeness (QED) is 0.569. The molecule has 2 atom stereocenters. The van der Waals surface area contributed by atoms with Crippen LogP contribution >= 0.6 is 11.8 Å². The number of hydrogen-bond donors (Lipinski definition) is 0. The van der Waals surface area contributed by atoms with Crippen molar-refractivity contribution in [1.29, 1.82) is 0 Å². The highest BCUT2D eigenvalue weighted by Gasteiger charge is 2.43. The van der Waals surface area contributed by atoms with Gasteiger partial charge in [0.05, 0.1) is 17.0 Å². The first kappa shape index (κ1) is 23.2. The van der Waals surface area contributed by atoms with Crippen LogP contribution in [-0.2, 0) is 22.1 Å². The Labute approximate surface area is 183 Å². The Kier molecular flexibility index (Phi) is 7.30.